The van der Waals surface area contributed by atoms with E-state index in [2.05, 4.69) is 22.0 Å². The molecule has 39 heavy (non-hydrogen) atoms. The van der Waals surface area contributed by atoms with Crippen molar-refractivity contribution >= 4 is 17.5 Å². The number of anilines is 1. The standard InChI is InChI=1S/C29H38ClFN6O2/c1-17-9-23(17)26-18(10-22(38)11-24(26)30)3-6-25-33-27(36-14-20-4-5-21(15-36)32-20)35-28(34-25)39-16-29-7-2-8-37(29)13-19(31)12-29/h10-11,17,19-21,23,32,38H,2-9,12-16H2,1H3/t17-,19+,20-,21+,23-,29-/m0/s1. The van der Waals surface area contributed by atoms with Crippen molar-refractivity contribution in [2.24, 2.45) is 5.92 Å². The summed E-state index contributed by atoms with van der Waals surface area (Å²) in [5, 5.41) is 14.6. The average molecular weight is 557 g/mol. The number of hydrogen-bond acceptors (Lipinski definition) is 8. The molecule has 0 unspecified atom stereocenters. The number of nitrogens with one attached hydrogen (secondary N) is 1. The highest BCUT2D eigenvalue weighted by molar-refractivity contribution is 6.31. The first kappa shape index (κ1) is 25.7. The van der Waals surface area contributed by atoms with E-state index in [-0.39, 0.29) is 11.3 Å². The van der Waals surface area contributed by atoms with Crippen LogP contribution in [0.15, 0.2) is 12.1 Å². The van der Waals surface area contributed by atoms with Crippen LogP contribution in [0.5, 0.6) is 11.8 Å². The molecule has 0 amide bonds. The molecule has 1 aromatic heterocycles. The summed E-state index contributed by atoms with van der Waals surface area (Å²) in [4.78, 5) is 18.9. The Kier molecular flexibility index (Phi) is 6.59. The number of alkyl halides is 1. The van der Waals surface area contributed by atoms with Crippen LogP contribution >= 0.6 is 11.6 Å². The molecule has 2 bridgehead atoms. The molecule has 1 saturated carbocycles. The second kappa shape index (κ2) is 10.00. The van der Waals surface area contributed by atoms with Crippen molar-refractivity contribution in [2.75, 3.05) is 37.7 Å². The van der Waals surface area contributed by atoms with E-state index in [1.807, 2.05) is 6.07 Å². The van der Waals surface area contributed by atoms with Gasteiger partial charge in [-0.3, -0.25) is 4.90 Å². The number of halogens is 2. The van der Waals surface area contributed by atoms with Crippen LogP contribution in [0.25, 0.3) is 0 Å². The molecule has 2 aromatic rings. The summed E-state index contributed by atoms with van der Waals surface area (Å²) >= 11 is 6.59. The summed E-state index contributed by atoms with van der Waals surface area (Å²) in [5.74, 6) is 2.56. The summed E-state index contributed by atoms with van der Waals surface area (Å²) in [6.45, 7) is 5.79. The molecule has 1 aliphatic carbocycles. The molecule has 5 heterocycles. The molecule has 4 aliphatic heterocycles. The number of hydrogen-bond donors (Lipinski definition) is 2. The molecular formula is C29H38ClFN6O2. The Hall–Kier alpha value is -2.23. The van der Waals surface area contributed by atoms with Gasteiger partial charge in [-0.15, -0.1) is 0 Å². The second-order valence-electron chi connectivity index (χ2n) is 12.6. The number of fused-ring (bicyclic) bond motifs is 3. The van der Waals surface area contributed by atoms with Crippen molar-refractivity contribution in [2.45, 2.75) is 88.0 Å². The molecule has 5 fully saturated rings. The molecule has 7 rings (SSSR count). The Morgan fingerprint density at radius 3 is 2.72 bits per heavy atom. The van der Waals surface area contributed by atoms with Crippen LogP contribution in [-0.2, 0) is 12.8 Å². The fraction of sp³-hybridized carbons (Fsp3) is 0.690. The highest BCUT2D eigenvalue weighted by Gasteiger charge is 2.49. The van der Waals surface area contributed by atoms with Gasteiger partial charge >= 0.3 is 6.01 Å². The maximum atomic E-state index is 14.3. The van der Waals surface area contributed by atoms with E-state index in [9.17, 15) is 9.50 Å². The summed E-state index contributed by atoms with van der Waals surface area (Å²) in [5.41, 5.74) is 1.95. The third-order valence-corrected chi connectivity index (χ3v) is 9.99. The van der Waals surface area contributed by atoms with E-state index in [4.69, 9.17) is 31.3 Å². The number of rotatable bonds is 8. The number of aromatic hydroxyl groups is 1. The number of benzene rings is 1. The van der Waals surface area contributed by atoms with Crippen molar-refractivity contribution in [3.63, 3.8) is 0 Å². The van der Waals surface area contributed by atoms with Gasteiger partial charge in [-0.1, -0.05) is 18.5 Å². The van der Waals surface area contributed by atoms with E-state index in [1.165, 1.54) is 12.8 Å². The molecular weight excluding hydrogens is 519 g/mol. The second-order valence-corrected chi connectivity index (χ2v) is 13.0. The van der Waals surface area contributed by atoms with Gasteiger partial charge in [-0.25, -0.2) is 4.39 Å². The lowest BCUT2D eigenvalue weighted by atomic mass is 9.95. The van der Waals surface area contributed by atoms with Crippen LogP contribution in [0, 0.1) is 5.92 Å². The van der Waals surface area contributed by atoms with Crippen LogP contribution in [0.1, 0.15) is 68.3 Å². The molecule has 1 aromatic carbocycles. The molecule has 0 radical (unpaired) electrons. The minimum Gasteiger partial charge on any atom is -0.508 e. The molecule has 5 aliphatic rings. The van der Waals surface area contributed by atoms with Crippen LogP contribution in [0.2, 0.25) is 5.02 Å². The molecule has 2 N–H and O–H groups in total. The molecule has 4 saturated heterocycles. The third-order valence-electron chi connectivity index (χ3n) is 9.68. The van der Waals surface area contributed by atoms with Crippen molar-refractivity contribution in [1.82, 2.24) is 25.2 Å². The zero-order valence-electron chi connectivity index (χ0n) is 22.6. The molecule has 0 spiro atoms. The van der Waals surface area contributed by atoms with Gasteiger partial charge in [0.05, 0.1) is 5.54 Å². The zero-order chi connectivity index (χ0) is 26.7. The summed E-state index contributed by atoms with van der Waals surface area (Å²) in [6.07, 6.45) is 6.45. The minimum absolute atomic E-state index is 0.187. The molecule has 210 valence electrons. The maximum Gasteiger partial charge on any atom is 0.321 e. The van der Waals surface area contributed by atoms with Gasteiger partial charge in [0.25, 0.3) is 0 Å². The van der Waals surface area contributed by atoms with Gasteiger partial charge in [-0.2, -0.15) is 15.0 Å². The lowest BCUT2D eigenvalue weighted by Gasteiger charge is -2.33. The topological polar surface area (TPSA) is 86.6 Å². The number of phenols is 1. The summed E-state index contributed by atoms with van der Waals surface area (Å²) < 4.78 is 20.6. The maximum absolute atomic E-state index is 14.3. The minimum atomic E-state index is -0.799. The number of aryl methyl sites for hydroxylation is 2. The first-order valence-corrected chi connectivity index (χ1v) is 15.0. The Bertz CT molecular complexity index is 1240. The van der Waals surface area contributed by atoms with E-state index in [0.29, 0.717) is 79.1 Å². The monoisotopic (exact) mass is 556 g/mol. The summed E-state index contributed by atoms with van der Waals surface area (Å²) in [7, 11) is 0. The van der Waals surface area contributed by atoms with Gasteiger partial charge in [0.2, 0.25) is 5.95 Å². The number of nitrogens with zero attached hydrogens (tertiary/aromatic N) is 5. The fourth-order valence-corrected chi connectivity index (χ4v) is 7.94. The van der Waals surface area contributed by atoms with Crippen LogP contribution < -0.4 is 15.0 Å². The highest BCUT2D eigenvalue weighted by Crippen LogP contribution is 2.51. The number of piperazine rings is 1. The van der Waals surface area contributed by atoms with E-state index >= 15 is 0 Å². The Labute approximate surface area is 234 Å². The summed E-state index contributed by atoms with van der Waals surface area (Å²) in [6, 6.07) is 4.72. The van der Waals surface area contributed by atoms with Crippen LogP contribution in [-0.4, -0.2) is 81.5 Å². The largest absolute Gasteiger partial charge is 0.508 e. The normalized spacial score (nSPS) is 33.5. The van der Waals surface area contributed by atoms with Gasteiger partial charge < -0.3 is 20.1 Å². The average Bonchev–Trinajstić information content (AvgIpc) is 3.17. The van der Waals surface area contributed by atoms with Crippen molar-refractivity contribution in [1.29, 1.82) is 0 Å². The van der Waals surface area contributed by atoms with Crippen molar-refractivity contribution < 1.29 is 14.2 Å². The highest BCUT2D eigenvalue weighted by atomic mass is 35.5. The van der Waals surface area contributed by atoms with Gasteiger partial charge in [0.15, 0.2) is 0 Å². The molecule has 8 nitrogen and oxygen atoms in total. The van der Waals surface area contributed by atoms with Crippen molar-refractivity contribution in [3.05, 3.63) is 34.1 Å². The third kappa shape index (κ3) is 5.06. The predicted molar refractivity (Wildman–Crippen MR) is 148 cm³/mol. The first-order chi connectivity index (χ1) is 18.8. The number of phenolic OH excluding ortho intramolecular Hbond substituents is 1. The number of aromatic nitrogens is 3. The number of ether oxygens (including phenoxy) is 1. The Morgan fingerprint density at radius 1 is 1.15 bits per heavy atom. The quantitative estimate of drug-likeness (QED) is 0.504. The predicted octanol–water partition coefficient (Wildman–Crippen LogP) is 4.04. The van der Waals surface area contributed by atoms with Gasteiger partial charge in [0, 0.05) is 49.6 Å². The van der Waals surface area contributed by atoms with E-state index in [0.717, 1.165) is 50.0 Å². The van der Waals surface area contributed by atoms with Crippen molar-refractivity contribution in [3.8, 4) is 11.8 Å². The Balaban J connectivity index is 1.15. The lowest BCUT2D eigenvalue weighted by molar-refractivity contribution is 0.107. The van der Waals surface area contributed by atoms with Gasteiger partial charge in [-0.05, 0) is 80.2 Å². The van der Waals surface area contributed by atoms with E-state index < -0.39 is 6.17 Å². The van der Waals surface area contributed by atoms with Crippen LogP contribution in [0.4, 0.5) is 10.3 Å². The zero-order valence-corrected chi connectivity index (χ0v) is 23.3. The smallest absolute Gasteiger partial charge is 0.321 e. The van der Waals surface area contributed by atoms with Crippen LogP contribution in [0.3, 0.4) is 0 Å². The fourth-order valence-electron chi connectivity index (χ4n) is 7.56. The van der Waals surface area contributed by atoms with E-state index in [1.54, 1.807) is 6.07 Å². The van der Waals surface area contributed by atoms with Gasteiger partial charge in [0.1, 0.15) is 24.4 Å². The first-order valence-electron chi connectivity index (χ1n) is 14.6. The SMILES string of the molecule is C[C@H]1C[C@@H]1c1c(Cl)cc(O)cc1CCc1nc(OC[C@@]23CCCN2C[C@H](F)C3)nc(N2C[C@H]3CC[C@@H](C2)N3)n1. The molecule has 6 atom stereocenters. The molecule has 10 heteroatoms. The Morgan fingerprint density at radius 2 is 1.95 bits per heavy atom. The lowest BCUT2D eigenvalue weighted by Crippen LogP contribution is -2.51.